The quantitative estimate of drug-likeness (QED) is 0.587. The van der Waals surface area contributed by atoms with Crippen molar-refractivity contribution < 1.29 is 23.0 Å². The van der Waals surface area contributed by atoms with Gasteiger partial charge in [-0.3, -0.25) is 0 Å². The Kier molecular flexibility index (Phi) is 5.89. The second-order valence-electron chi connectivity index (χ2n) is 7.04. The van der Waals surface area contributed by atoms with Gasteiger partial charge in [-0.2, -0.15) is 18.3 Å². The van der Waals surface area contributed by atoms with Crippen molar-refractivity contribution in [2.75, 3.05) is 6.61 Å². The molecule has 2 rings (SSSR count). The Morgan fingerprint density at radius 2 is 1.80 bits per heavy atom. The molecular weight excluding hydrogens is 351 g/mol. The van der Waals surface area contributed by atoms with Gasteiger partial charge in [-0.15, -0.1) is 0 Å². The van der Waals surface area contributed by atoms with Gasteiger partial charge in [0.15, 0.2) is 11.6 Å². The van der Waals surface area contributed by atoms with E-state index in [0.29, 0.717) is 12.2 Å². The Bertz CT molecular complexity index is 694. The number of benzene rings is 1. The van der Waals surface area contributed by atoms with E-state index in [4.69, 9.17) is 4.74 Å². The first kappa shape index (κ1) is 19.5. The van der Waals surface area contributed by atoms with Crippen molar-refractivity contribution in [3.63, 3.8) is 0 Å². The number of hydrogen-bond acceptors (Lipinski definition) is 4. The number of ether oxygens (including phenoxy) is 1. The third-order valence-corrected chi connectivity index (χ3v) is 5.11. The molecule has 0 aliphatic rings. The number of hydrogen-bond donors (Lipinski definition) is 1. The van der Waals surface area contributed by atoms with Gasteiger partial charge in [0.05, 0.1) is 0 Å². The molecule has 5 nitrogen and oxygen atoms in total. The number of alkyl halides is 3. The third-order valence-electron chi connectivity index (χ3n) is 3.41. The Morgan fingerprint density at radius 3 is 2.36 bits per heavy atom. The topological polar surface area (TPSA) is 60.2 Å². The summed E-state index contributed by atoms with van der Waals surface area (Å²) in [4.78, 5) is 4.00. The molecule has 0 fully saturated rings. The smallest absolute Gasteiger partial charge is 0.396 e. The van der Waals surface area contributed by atoms with Crippen LogP contribution in [0.3, 0.4) is 0 Å². The number of rotatable bonds is 7. The van der Waals surface area contributed by atoms with Crippen molar-refractivity contribution in [2.45, 2.75) is 45.0 Å². The lowest BCUT2D eigenvalue weighted by atomic mass is 10.2. The summed E-state index contributed by atoms with van der Waals surface area (Å²) >= 11 is 0. The lowest BCUT2D eigenvalue weighted by molar-refractivity contribution is -0.128. The van der Waals surface area contributed by atoms with Crippen LogP contribution in [0.4, 0.5) is 13.2 Å². The number of nitrogens with zero attached hydrogens (tertiary/aromatic N) is 3. The predicted octanol–water partition coefficient (Wildman–Crippen LogP) is 4.07. The molecule has 1 N–H and O–H groups in total. The first-order valence-corrected chi connectivity index (χ1v) is 11.6. The fourth-order valence-electron chi connectivity index (χ4n) is 2.09. The SMILES string of the molecule is C[Si](C)(C)CCOCn1nc(CC(F)(F)F)nc1-c1ccc(O)cc1. The van der Waals surface area contributed by atoms with E-state index in [1.54, 1.807) is 12.1 Å². The van der Waals surface area contributed by atoms with E-state index < -0.39 is 20.7 Å². The van der Waals surface area contributed by atoms with Crippen LogP contribution in [0.2, 0.25) is 25.7 Å². The normalized spacial score (nSPS) is 12.6. The zero-order chi connectivity index (χ0) is 18.7. The van der Waals surface area contributed by atoms with Crippen LogP contribution in [0.25, 0.3) is 11.4 Å². The van der Waals surface area contributed by atoms with Crippen molar-refractivity contribution in [3.8, 4) is 17.1 Å². The number of aromatic hydroxyl groups is 1. The number of halogens is 3. The van der Waals surface area contributed by atoms with Crippen LogP contribution in [-0.4, -0.2) is 40.7 Å². The van der Waals surface area contributed by atoms with E-state index in [1.165, 1.54) is 16.8 Å². The number of aromatic nitrogens is 3. The van der Waals surface area contributed by atoms with Crippen LogP contribution in [0.15, 0.2) is 24.3 Å². The Hall–Kier alpha value is -1.87. The molecule has 0 radical (unpaired) electrons. The summed E-state index contributed by atoms with van der Waals surface area (Å²) in [6.07, 6.45) is -5.57. The summed E-state index contributed by atoms with van der Waals surface area (Å²) in [6, 6.07) is 7.00. The highest BCUT2D eigenvalue weighted by Gasteiger charge is 2.31. The van der Waals surface area contributed by atoms with Crippen LogP contribution >= 0.6 is 0 Å². The van der Waals surface area contributed by atoms with Gasteiger partial charge in [0.2, 0.25) is 0 Å². The molecule has 0 aliphatic heterocycles. The fourth-order valence-corrected chi connectivity index (χ4v) is 2.84. The minimum atomic E-state index is -4.38. The van der Waals surface area contributed by atoms with E-state index in [9.17, 15) is 18.3 Å². The number of phenolic OH excluding ortho intramolecular Hbond substituents is 1. The van der Waals surface area contributed by atoms with Crippen molar-refractivity contribution in [1.29, 1.82) is 0 Å². The molecule has 0 spiro atoms. The first-order valence-electron chi connectivity index (χ1n) is 7.91. The highest BCUT2D eigenvalue weighted by Crippen LogP contribution is 2.24. The molecule has 0 unspecified atom stereocenters. The molecule has 0 aliphatic carbocycles. The van der Waals surface area contributed by atoms with Crippen molar-refractivity contribution in [3.05, 3.63) is 30.1 Å². The van der Waals surface area contributed by atoms with Gasteiger partial charge in [-0.1, -0.05) is 19.6 Å². The van der Waals surface area contributed by atoms with Gasteiger partial charge in [0.1, 0.15) is 18.9 Å². The first-order chi connectivity index (χ1) is 11.5. The third kappa shape index (κ3) is 6.50. The van der Waals surface area contributed by atoms with Gasteiger partial charge < -0.3 is 9.84 Å². The zero-order valence-electron chi connectivity index (χ0n) is 14.5. The molecule has 0 amide bonds. The van der Waals surface area contributed by atoms with Crippen LogP contribution in [0.1, 0.15) is 5.82 Å². The molecule has 1 aromatic heterocycles. The standard InChI is InChI=1S/C16H22F3N3O2Si/c1-25(2,3)9-8-24-11-22-15(12-4-6-13(23)7-5-12)20-14(21-22)10-16(17,18)19/h4-7,23H,8-11H2,1-3H3. The van der Waals surface area contributed by atoms with E-state index in [1.807, 2.05) is 0 Å². The molecular formula is C16H22F3N3O2Si. The van der Waals surface area contributed by atoms with Gasteiger partial charge >= 0.3 is 6.18 Å². The second kappa shape index (κ2) is 7.57. The minimum absolute atomic E-state index is 0.0333. The Labute approximate surface area is 145 Å². The molecule has 25 heavy (non-hydrogen) atoms. The summed E-state index contributed by atoms with van der Waals surface area (Å²) in [7, 11) is -1.25. The molecule has 1 heterocycles. The summed E-state index contributed by atoms with van der Waals surface area (Å²) in [5, 5.41) is 13.3. The molecule has 0 atom stereocenters. The van der Waals surface area contributed by atoms with E-state index >= 15 is 0 Å². The van der Waals surface area contributed by atoms with E-state index in [-0.39, 0.29) is 24.1 Å². The maximum atomic E-state index is 12.6. The maximum absolute atomic E-state index is 12.6. The molecule has 9 heteroatoms. The van der Waals surface area contributed by atoms with Crippen LogP contribution in [0.5, 0.6) is 5.75 Å². The van der Waals surface area contributed by atoms with Crippen LogP contribution < -0.4 is 0 Å². The predicted molar refractivity (Wildman–Crippen MR) is 91.0 cm³/mol. The maximum Gasteiger partial charge on any atom is 0.396 e. The van der Waals surface area contributed by atoms with Gasteiger partial charge in [-0.25, -0.2) is 9.67 Å². The summed E-state index contributed by atoms with van der Waals surface area (Å²) in [5.41, 5.74) is 0.563. The molecule has 0 saturated carbocycles. The van der Waals surface area contributed by atoms with Gasteiger partial charge in [0.25, 0.3) is 0 Å². The molecule has 2 aromatic rings. The Morgan fingerprint density at radius 1 is 1.16 bits per heavy atom. The van der Waals surface area contributed by atoms with Crippen molar-refractivity contribution >= 4 is 8.07 Å². The molecule has 138 valence electrons. The molecule has 0 saturated heterocycles. The van der Waals surface area contributed by atoms with E-state index in [2.05, 4.69) is 29.7 Å². The molecule has 1 aromatic carbocycles. The lowest BCUT2D eigenvalue weighted by Crippen LogP contribution is -2.22. The summed E-state index contributed by atoms with van der Waals surface area (Å²) < 4.78 is 44.8. The van der Waals surface area contributed by atoms with Crippen molar-refractivity contribution in [2.24, 2.45) is 0 Å². The largest absolute Gasteiger partial charge is 0.508 e. The highest BCUT2D eigenvalue weighted by atomic mass is 28.3. The summed E-state index contributed by atoms with van der Waals surface area (Å²) in [5.74, 6) is 0.0494. The fraction of sp³-hybridized carbons (Fsp3) is 0.500. The monoisotopic (exact) mass is 373 g/mol. The van der Waals surface area contributed by atoms with Crippen molar-refractivity contribution in [1.82, 2.24) is 14.8 Å². The second-order valence-corrected chi connectivity index (χ2v) is 12.7. The average molecular weight is 373 g/mol. The lowest BCUT2D eigenvalue weighted by Gasteiger charge is -2.15. The number of phenols is 1. The van der Waals surface area contributed by atoms with Gasteiger partial charge in [0, 0.05) is 20.2 Å². The van der Waals surface area contributed by atoms with Crippen LogP contribution in [-0.2, 0) is 17.9 Å². The Balaban J connectivity index is 2.18. The zero-order valence-corrected chi connectivity index (χ0v) is 15.5. The summed E-state index contributed by atoms with van der Waals surface area (Å²) in [6.45, 7) is 7.21. The highest BCUT2D eigenvalue weighted by molar-refractivity contribution is 6.76. The molecule has 0 bridgehead atoms. The minimum Gasteiger partial charge on any atom is -0.508 e. The van der Waals surface area contributed by atoms with Crippen LogP contribution in [0, 0.1) is 0 Å². The van der Waals surface area contributed by atoms with Gasteiger partial charge in [-0.05, 0) is 30.3 Å². The average Bonchev–Trinajstić information content (AvgIpc) is 2.84. The van der Waals surface area contributed by atoms with E-state index in [0.717, 1.165) is 6.04 Å².